The summed E-state index contributed by atoms with van der Waals surface area (Å²) in [5.41, 5.74) is 0.184. The zero-order valence-electron chi connectivity index (χ0n) is 12.2. The molecule has 5 nitrogen and oxygen atoms in total. The van der Waals surface area contributed by atoms with Crippen molar-refractivity contribution in [2.24, 2.45) is 5.41 Å². The van der Waals surface area contributed by atoms with E-state index in [0.717, 1.165) is 0 Å². The van der Waals surface area contributed by atoms with Gasteiger partial charge in [0.2, 0.25) is 10.0 Å². The fourth-order valence-corrected chi connectivity index (χ4v) is 3.47. The van der Waals surface area contributed by atoms with Gasteiger partial charge < -0.3 is 5.11 Å². The number of benzene rings is 1. The van der Waals surface area contributed by atoms with Gasteiger partial charge in [0.15, 0.2) is 0 Å². The molecule has 0 aliphatic heterocycles. The summed E-state index contributed by atoms with van der Waals surface area (Å²) in [6, 6.07) is 5.83. The Balaban J connectivity index is 2.81. The Bertz CT molecular complexity index is 645. The highest BCUT2D eigenvalue weighted by Crippen LogP contribution is 2.23. The maximum atomic E-state index is 12.1. The zero-order chi connectivity index (χ0) is 16.3. The van der Waals surface area contributed by atoms with E-state index in [9.17, 15) is 13.5 Å². The largest absolute Gasteiger partial charge is 0.392 e. The van der Waals surface area contributed by atoms with E-state index < -0.39 is 16.1 Å². The van der Waals surface area contributed by atoms with Crippen molar-refractivity contribution in [3.8, 4) is 6.07 Å². The predicted octanol–water partition coefficient (Wildman–Crippen LogP) is 2.29. The number of hydrogen-bond acceptors (Lipinski definition) is 4. The highest BCUT2D eigenvalue weighted by Gasteiger charge is 2.22. The van der Waals surface area contributed by atoms with Crippen molar-refractivity contribution in [3.63, 3.8) is 0 Å². The van der Waals surface area contributed by atoms with Crippen LogP contribution in [0.2, 0.25) is 5.02 Å². The fraction of sp³-hybridized carbons (Fsp3) is 0.500. The minimum absolute atomic E-state index is 0.0214. The van der Waals surface area contributed by atoms with Crippen molar-refractivity contribution in [2.75, 3.05) is 6.54 Å². The summed E-state index contributed by atoms with van der Waals surface area (Å²) in [7, 11) is -3.82. The second-order valence-electron chi connectivity index (χ2n) is 6.03. The monoisotopic (exact) mass is 330 g/mol. The van der Waals surface area contributed by atoms with E-state index in [4.69, 9.17) is 16.9 Å². The van der Waals surface area contributed by atoms with Gasteiger partial charge in [-0.25, -0.2) is 13.1 Å². The van der Waals surface area contributed by atoms with E-state index in [1.165, 1.54) is 18.2 Å². The van der Waals surface area contributed by atoms with E-state index >= 15 is 0 Å². The van der Waals surface area contributed by atoms with E-state index in [1.54, 1.807) is 0 Å². The maximum Gasteiger partial charge on any atom is 0.242 e. The number of halogens is 1. The molecule has 0 fully saturated rings. The summed E-state index contributed by atoms with van der Waals surface area (Å²) in [5, 5.41) is 18.6. The van der Waals surface area contributed by atoms with Crippen LogP contribution in [-0.4, -0.2) is 26.2 Å². The lowest BCUT2D eigenvalue weighted by Crippen LogP contribution is -2.34. The van der Waals surface area contributed by atoms with Gasteiger partial charge in [-0.15, -0.1) is 0 Å². The van der Waals surface area contributed by atoms with Crippen LogP contribution in [-0.2, 0) is 10.0 Å². The number of hydrogen-bond donors (Lipinski definition) is 2. The van der Waals surface area contributed by atoms with Crippen molar-refractivity contribution in [1.82, 2.24) is 4.72 Å². The van der Waals surface area contributed by atoms with Crippen molar-refractivity contribution < 1.29 is 13.5 Å². The van der Waals surface area contributed by atoms with Crippen LogP contribution in [0.1, 0.15) is 32.8 Å². The molecular weight excluding hydrogens is 312 g/mol. The van der Waals surface area contributed by atoms with Gasteiger partial charge in [-0.2, -0.15) is 5.26 Å². The first-order valence-electron chi connectivity index (χ1n) is 6.42. The molecule has 21 heavy (non-hydrogen) atoms. The molecule has 2 N–H and O–H groups in total. The summed E-state index contributed by atoms with van der Waals surface area (Å²) >= 11 is 5.88. The lowest BCUT2D eigenvalue weighted by atomic mass is 9.89. The van der Waals surface area contributed by atoms with E-state index in [0.29, 0.717) is 6.42 Å². The molecule has 1 rings (SSSR count). The lowest BCUT2D eigenvalue weighted by Gasteiger charge is -2.22. The van der Waals surface area contributed by atoms with Gasteiger partial charge in [0.05, 0.1) is 22.8 Å². The van der Waals surface area contributed by atoms with Gasteiger partial charge in [-0.1, -0.05) is 32.4 Å². The normalized spacial score (nSPS) is 13.7. The molecule has 1 aromatic carbocycles. The third kappa shape index (κ3) is 5.64. The minimum Gasteiger partial charge on any atom is -0.392 e. The number of nitriles is 1. The van der Waals surface area contributed by atoms with Crippen LogP contribution in [0.4, 0.5) is 0 Å². The molecule has 7 heteroatoms. The van der Waals surface area contributed by atoms with Crippen molar-refractivity contribution in [3.05, 3.63) is 28.8 Å². The molecule has 1 aromatic rings. The molecule has 0 amide bonds. The molecule has 0 saturated heterocycles. The quantitative estimate of drug-likeness (QED) is 0.866. The maximum absolute atomic E-state index is 12.1. The first-order chi connectivity index (χ1) is 9.55. The first-order valence-corrected chi connectivity index (χ1v) is 8.29. The van der Waals surface area contributed by atoms with Crippen molar-refractivity contribution >= 4 is 21.6 Å². The molecule has 1 atom stereocenters. The summed E-state index contributed by atoms with van der Waals surface area (Å²) in [4.78, 5) is -0.105. The predicted molar refractivity (Wildman–Crippen MR) is 81.4 cm³/mol. The minimum atomic E-state index is -3.82. The van der Waals surface area contributed by atoms with Crippen LogP contribution < -0.4 is 4.72 Å². The molecule has 0 radical (unpaired) electrons. The second-order valence-corrected chi connectivity index (χ2v) is 8.17. The number of aliphatic hydroxyl groups excluding tert-OH is 1. The smallest absolute Gasteiger partial charge is 0.242 e. The molecule has 0 saturated carbocycles. The Hall–Kier alpha value is -1.13. The van der Waals surface area contributed by atoms with E-state index in [2.05, 4.69) is 4.72 Å². The average molecular weight is 331 g/mol. The Kier molecular flexibility index (Phi) is 5.76. The number of nitrogens with one attached hydrogen (secondary N) is 1. The Morgan fingerprint density at radius 2 is 2.05 bits per heavy atom. The average Bonchev–Trinajstić information content (AvgIpc) is 2.34. The molecule has 116 valence electrons. The van der Waals surface area contributed by atoms with Gasteiger partial charge >= 0.3 is 0 Å². The topological polar surface area (TPSA) is 90.2 Å². The molecule has 0 spiro atoms. The third-order valence-electron chi connectivity index (χ3n) is 2.71. The second kappa shape index (κ2) is 6.75. The van der Waals surface area contributed by atoms with Gasteiger partial charge in [-0.3, -0.25) is 0 Å². The SMILES string of the molecule is CC(C)(C)CC(O)CNS(=O)(=O)c1ccc(C#N)cc1Cl. The fourth-order valence-electron chi connectivity index (χ4n) is 1.85. The molecule has 0 aliphatic rings. The van der Waals surface area contributed by atoms with Gasteiger partial charge in [0.25, 0.3) is 0 Å². The van der Waals surface area contributed by atoms with Crippen LogP contribution in [0.25, 0.3) is 0 Å². The molecule has 0 aliphatic carbocycles. The molecule has 0 aromatic heterocycles. The Morgan fingerprint density at radius 1 is 1.43 bits per heavy atom. The van der Waals surface area contributed by atoms with E-state index in [1.807, 2.05) is 26.8 Å². The van der Waals surface area contributed by atoms with Crippen LogP contribution >= 0.6 is 11.6 Å². The van der Waals surface area contributed by atoms with Crippen LogP contribution in [0.3, 0.4) is 0 Å². The highest BCUT2D eigenvalue weighted by atomic mass is 35.5. The molecule has 0 heterocycles. The Morgan fingerprint density at radius 3 is 2.52 bits per heavy atom. The van der Waals surface area contributed by atoms with Crippen LogP contribution in [0, 0.1) is 16.7 Å². The summed E-state index contributed by atoms with van der Waals surface area (Å²) < 4.78 is 26.6. The van der Waals surface area contributed by atoms with Crippen LogP contribution in [0.5, 0.6) is 0 Å². The van der Waals surface area contributed by atoms with Crippen LogP contribution in [0.15, 0.2) is 23.1 Å². The first kappa shape index (κ1) is 17.9. The van der Waals surface area contributed by atoms with Gasteiger partial charge in [0.1, 0.15) is 4.90 Å². The Labute approximate surface area is 130 Å². The van der Waals surface area contributed by atoms with E-state index in [-0.39, 0.29) is 27.4 Å². The molecule has 1 unspecified atom stereocenters. The lowest BCUT2D eigenvalue weighted by molar-refractivity contribution is 0.125. The summed E-state index contributed by atoms with van der Waals surface area (Å²) in [6.07, 6.45) is -0.312. The highest BCUT2D eigenvalue weighted by molar-refractivity contribution is 7.89. The summed E-state index contributed by atoms with van der Waals surface area (Å²) in [6.45, 7) is 5.79. The summed E-state index contributed by atoms with van der Waals surface area (Å²) in [5.74, 6) is 0. The standard InChI is InChI=1S/C14H19ClN2O3S/c1-14(2,3)7-11(18)9-17-21(19,20)13-5-4-10(8-16)6-12(13)15/h4-6,11,17-18H,7,9H2,1-3H3. The zero-order valence-corrected chi connectivity index (χ0v) is 13.8. The molecular formula is C14H19ClN2O3S. The van der Waals surface area contributed by atoms with Crippen molar-refractivity contribution in [2.45, 2.75) is 38.2 Å². The number of rotatable bonds is 5. The molecule has 0 bridgehead atoms. The number of sulfonamides is 1. The number of aliphatic hydroxyl groups is 1. The number of nitrogens with zero attached hydrogens (tertiary/aromatic N) is 1. The van der Waals surface area contributed by atoms with Crippen molar-refractivity contribution in [1.29, 1.82) is 5.26 Å². The third-order valence-corrected chi connectivity index (χ3v) is 4.61. The van der Waals surface area contributed by atoms with Gasteiger partial charge in [-0.05, 0) is 30.0 Å². The van der Waals surface area contributed by atoms with Gasteiger partial charge in [0, 0.05) is 6.54 Å².